The molecule has 10 heteroatoms. The van der Waals surface area contributed by atoms with Gasteiger partial charge in [-0.25, -0.2) is 0 Å². The topological polar surface area (TPSA) is 104 Å². The number of aromatic nitrogens is 2. The van der Waals surface area contributed by atoms with E-state index in [1.54, 1.807) is 29.2 Å². The van der Waals surface area contributed by atoms with Crippen LogP contribution in [-0.4, -0.2) is 39.7 Å². The van der Waals surface area contributed by atoms with E-state index in [-0.39, 0.29) is 29.5 Å². The lowest BCUT2D eigenvalue weighted by Crippen LogP contribution is -2.32. The van der Waals surface area contributed by atoms with Crippen molar-refractivity contribution in [1.82, 2.24) is 15.5 Å². The molecule has 2 aromatic carbocycles. The van der Waals surface area contributed by atoms with Gasteiger partial charge in [0.15, 0.2) is 4.34 Å². The van der Waals surface area contributed by atoms with Crippen molar-refractivity contribution in [3.63, 3.8) is 0 Å². The molecule has 0 unspecified atom stereocenters. The minimum absolute atomic E-state index is 0.0371. The average Bonchev–Trinajstić information content (AvgIpc) is 3.59. The Bertz CT molecular complexity index is 1160. The normalized spacial score (nSPS) is 12.7. The number of nitrogens with zero attached hydrogens (tertiary/aromatic N) is 3. The van der Waals surface area contributed by atoms with Crippen molar-refractivity contribution < 1.29 is 14.4 Å². The zero-order valence-electron chi connectivity index (χ0n) is 18.7. The third kappa shape index (κ3) is 6.21. The van der Waals surface area contributed by atoms with E-state index in [4.69, 9.17) is 0 Å². The van der Waals surface area contributed by atoms with Gasteiger partial charge >= 0.3 is 0 Å². The molecule has 1 aromatic heterocycles. The molecule has 2 N–H and O–H groups in total. The van der Waals surface area contributed by atoms with Crippen molar-refractivity contribution in [1.29, 1.82) is 0 Å². The van der Waals surface area contributed by atoms with Crippen LogP contribution in [0, 0.1) is 0 Å². The molecule has 1 fully saturated rings. The van der Waals surface area contributed by atoms with Gasteiger partial charge in [0, 0.05) is 19.0 Å². The molecular formula is C24H25N5O3S2. The average molecular weight is 496 g/mol. The minimum atomic E-state index is -0.262. The van der Waals surface area contributed by atoms with E-state index in [0.717, 1.165) is 18.4 Å². The molecule has 3 aromatic rings. The predicted molar refractivity (Wildman–Crippen MR) is 134 cm³/mol. The molecule has 34 heavy (non-hydrogen) atoms. The molecule has 3 amide bonds. The van der Waals surface area contributed by atoms with Crippen LogP contribution in [0.4, 0.5) is 10.8 Å². The van der Waals surface area contributed by atoms with Crippen molar-refractivity contribution in [3.05, 3.63) is 65.7 Å². The third-order valence-corrected chi connectivity index (χ3v) is 7.21. The second-order valence-electron chi connectivity index (χ2n) is 7.75. The number of thioether (sulfide) groups is 1. The summed E-state index contributed by atoms with van der Waals surface area (Å²) in [5.74, 6) is -0.370. The van der Waals surface area contributed by atoms with Crippen LogP contribution in [0.3, 0.4) is 0 Å². The summed E-state index contributed by atoms with van der Waals surface area (Å²) in [5, 5.41) is 14.6. The lowest BCUT2D eigenvalue weighted by atomic mass is 10.1. The molecule has 176 valence electrons. The van der Waals surface area contributed by atoms with Crippen LogP contribution in [0.5, 0.6) is 0 Å². The number of para-hydroxylation sites is 1. The van der Waals surface area contributed by atoms with E-state index < -0.39 is 0 Å². The van der Waals surface area contributed by atoms with E-state index in [1.165, 1.54) is 23.1 Å². The van der Waals surface area contributed by atoms with E-state index >= 15 is 0 Å². The van der Waals surface area contributed by atoms with Crippen molar-refractivity contribution in [2.75, 3.05) is 16.0 Å². The Morgan fingerprint density at radius 1 is 1.06 bits per heavy atom. The number of anilines is 2. The third-order valence-electron chi connectivity index (χ3n) is 5.15. The van der Waals surface area contributed by atoms with Gasteiger partial charge < -0.3 is 10.6 Å². The standard InChI is InChI=1S/C24H25N5O3S2/c1-2-21(31)29(17-12-13-17)23-27-28-24(34-23)33-15-20(30)26-19-11-7-6-10-18(19)22(32)25-14-16-8-4-3-5-9-16/h3-11,17H,2,12-15H2,1H3,(H,25,32)(H,26,30). The SMILES string of the molecule is CCC(=O)N(c1nnc(SCC(=O)Nc2ccccc2C(=O)NCc2ccccc2)s1)C1CC1. The first-order valence-electron chi connectivity index (χ1n) is 11.0. The van der Waals surface area contributed by atoms with Gasteiger partial charge in [0.1, 0.15) is 0 Å². The number of carbonyl (C=O) groups is 3. The number of carbonyl (C=O) groups excluding carboxylic acids is 3. The molecule has 4 rings (SSSR count). The monoisotopic (exact) mass is 495 g/mol. The summed E-state index contributed by atoms with van der Waals surface area (Å²) >= 11 is 2.57. The van der Waals surface area contributed by atoms with Crippen LogP contribution in [0.15, 0.2) is 58.9 Å². The van der Waals surface area contributed by atoms with Gasteiger partial charge in [-0.05, 0) is 30.5 Å². The first-order chi connectivity index (χ1) is 16.5. The molecule has 0 radical (unpaired) electrons. The second-order valence-corrected chi connectivity index (χ2v) is 9.93. The molecule has 1 heterocycles. The van der Waals surface area contributed by atoms with Crippen LogP contribution in [0.25, 0.3) is 0 Å². The van der Waals surface area contributed by atoms with E-state index in [2.05, 4.69) is 20.8 Å². The molecular weight excluding hydrogens is 470 g/mol. The largest absolute Gasteiger partial charge is 0.348 e. The summed E-state index contributed by atoms with van der Waals surface area (Å²) in [7, 11) is 0. The lowest BCUT2D eigenvalue weighted by Gasteiger charge is -2.17. The molecule has 0 bridgehead atoms. The fraction of sp³-hybridized carbons (Fsp3) is 0.292. The summed E-state index contributed by atoms with van der Waals surface area (Å²) in [6, 6.07) is 16.7. The van der Waals surface area contributed by atoms with E-state index in [9.17, 15) is 14.4 Å². The van der Waals surface area contributed by atoms with Gasteiger partial charge in [-0.15, -0.1) is 10.2 Å². The molecule has 1 saturated carbocycles. The van der Waals surface area contributed by atoms with Gasteiger partial charge in [0.05, 0.1) is 17.0 Å². The highest BCUT2D eigenvalue weighted by atomic mass is 32.2. The quantitative estimate of drug-likeness (QED) is 0.324. The predicted octanol–water partition coefficient (Wildman–Crippen LogP) is 4.10. The number of benzene rings is 2. The Hall–Kier alpha value is -3.24. The highest BCUT2D eigenvalue weighted by Gasteiger charge is 2.35. The number of amides is 3. The van der Waals surface area contributed by atoms with Gasteiger partial charge in [-0.2, -0.15) is 0 Å². The number of nitrogens with one attached hydrogen (secondary N) is 2. The van der Waals surface area contributed by atoms with Crippen molar-refractivity contribution in [2.45, 2.75) is 43.1 Å². The summed E-state index contributed by atoms with van der Waals surface area (Å²) in [4.78, 5) is 39.2. The number of rotatable bonds is 10. The molecule has 1 aliphatic rings. The minimum Gasteiger partial charge on any atom is -0.348 e. The van der Waals surface area contributed by atoms with Crippen molar-refractivity contribution in [2.24, 2.45) is 0 Å². The Labute approximate surface area is 206 Å². The summed E-state index contributed by atoms with van der Waals surface area (Å²) < 4.78 is 0.619. The van der Waals surface area contributed by atoms with Crippen molar-refractivity contribution in [3.8, 4) is 0 Å². The Morgan fingerprint density at radius 2 is 1.79 bits per heavy atom. The lowest BCUT2D eigenvalue weighted by molar-refractivity contribution is -0.118. The maximum atomic E-state index is 12.7. The fourth-order valence-corrected chi connectivity index (χ4v) is 5.04. The summed E-state index contributed by atoms with van der Waals surface area (Å²) in [6.07, 6.45) is 2.38. The molecule has 1 aliphatic carbocycles. The maximum Gasteiger partial charge on any atom is 0.253 e. The molecule has 0 atom stereocenters. The molecule has 0 saturated heterocycles. The first-order valence-corrected chi connectivity index (χ1v) is 12.8. The summed E-state index contributed by atoms with van der Waals surface area (Å²) in [5.41, 5.74) is 1.84. The fourth-order valence-electron chi connectivity index (χ4n) is 3.30. The maximum absolute atomic E-state index is 12.7. The van der Waals surface area contributed by atoms with E-state index in [1.807, 2.05) is 37.3 Å². The van der Waals surface area contributed by atoms with Crippen LogP contribution < -0.4 is 15.5 Å². The highest BCUT2D eigenvalue weighted by molar-refractivity contribution is 8.01. The van der Waals surface area contributed by atoms with Crippen LogP contribution >= 0.6 is 23.1 Å². The van der Waals surface area contributed by atoms with Gasteiger partial charge in [-0.3, -0.25) is 19.3 Å². The van der Waals surface area contributed by atoms with Crippen LogP contribution in [0.1, 0.15) is 42.1 Å². The number of hydrogen-bond acceptors (Lipinski definition) is 7. The Morgan fingerprint density at radius 3 is 2.53 bits per heavy atom. The van der Waals surface area contributed by atoms with Crippen molar-refractivity contribution >= 4 is 51.6 Å². The zero-order valence-corrected chi connectivity index (χ0v) is 20.3. The zero-order chi connectivity index (χ0) is 23.9. The van der Waals surface area contributed by atoms with E-state index in [0.29, 0.717) is 33.7 Å². The smallest absolute Gasteiger partial charge is 0.253 e. The van der Waals surface area contributed by atoms with Gasteiger partial charge in [0.25, 0.3) is 5.91 Å². The first kappa shape index (κ1) is 23.9. The van der Waals surface area contributed by atoms with Crippen LogP contribution in [-0.2, 0) is 16.1 Å². The van der Waals surface area contributed by atoms with Crippen LogP contribution in [0.2, 0.25) is 0 Å². The Balaban J connectivity index is 1.33. The summed E-state index contributed by atoms with van der Waals surface area (Å²) in [6.45, 7) is 2.23. The molecule has 0 spiro atoms. The highest BCUT2D eigenvalue weighted by Crippen LogP contribution is 2.36. The molecule has 0 aliphatic heterocycles. The Kier molecular flexibility index (Phi) is 7.91. The van der Waals surface area contributed by atoms with Gasteiger partial charge in [-0.1, -0.05) is 72.5 Å². The number of hydrogen-bond donors (Lipinski definition) is 2. The second kappa shape index (κ2) is 11.3. The van der Waals surface area contributed by atoms with Gasteiger partial charge in [0.2, 0.25) is 16.9 Å². The molecule has 8 nitrogen and oxygen atoms in total.